The van der Waals surface area contributed by atoms with E-state index in [0.717, 1.165) is 0 Å². The summed E-state index contributed by atoms with van der Waals surface area (Å²) in [6.07, 6.45) is 16.2. The third-order valence-electron chi connectivity index (χ3n) is 2.67. The summed E-state index contributed by atoms with van der Waals surface area (Å²) in [7, 11) is 0. The summed E-state index contributed by atoms with van der Waals surface area (Å²) in [5.41, 5.74) is 0. The van der Waals surface area contributed by atoms with Crippen molar-refractivity contribution in [3.8, 4) is 0 Å². The Morgan fingerprint density at radius 2 is 1.69 bits per heavy atom. The molecule has 0 fully saturated rings. The molecular formula is C12H16Ti-. The van der Waals surface area contributed by atoms with Crippen molar-refractivity contribution in [3.05, 3.63) is 44.2 Å². The molecule has 0 nitrogen and oxygen atoms in total. The van der Waals surface area contributed by atoms with Gasteiger partial charge in [0.25, 0.3) is 0 Å². The van der Waals surface area contributed by atoms with Crippen LogP contribution >= 0.6 is 0 Å². The molecule has 0 saturated heterocycles. The molecular weight excluding hydrogens is 192 g/mol. The Morgan fingerprint density at radius 1 is 1.15 bits per heavy atom. The summed E-state index contributed by atoms with van der Waals surface area (Å²) in [4.78, 5) is 0. The SMILES string of the molecule is C[CH2][Ti]([C]1=CC=CC1)[C]1=CC=CC1.[H-]. The molecule has 0 atom stereocenters. The van der Waals surface area contributed by atoms with E-state index in [0.29, 0.717) is 0 Å². The van der Waals surface area contributed by atoms with Crippen LogP contribution in [0.5, 0.6) is 0 Å². The Morgan fingerprint density at radius 3 is 2.00 bits per heavy atom. The maximum absolute atomic E-state index is 2.36. The van der Waals surface area contributed by atoms with Crippen LogP contribution in [0.2, 0.25) is 4.73 Å². The quantitative estimate of drug-likeness (QED) is 0.618. The smallest absolute Gasteiger partial charge is 1.00 e. The Labute approximate surface area is 88.0 Å². The zero-order valence-electron chi connectivity index (χ0n) is 9.09. The summed E-state index contributed by atoms with van der Waals surface area (Å²) in [5.74, 6) is 0. The van der Waals surface area contributed by atoms with Crippen molar-refractivity contribution in [3.63, 3.8) is 0 Å². The monoisotopic (exact) mass is 208 g/mol. The first kappa shape index (κ1) is 9.24. The predicted molar refractivity (Wildman–Crippen MR) is 55.3 cm³/mol. The van der Waals surface area contributed by atoms with E-state index in [1.807, 2.05) is 0 Å². The van der Waals surface area contributed by atoms with Crippen molar-refractivity contribution < 1.29 is 19.3 Å². The molecule has 0 aromatic heterocycles. The molecule has 1 heteroatoms. The number of allylic oxidation sites excluding steroid dienone is 8. The fourth-order valence-corrected chi connectivity index (χ4v) is 6.13. The molecule has 0 N–H and O–H groups in total. The third kappa shape index (κ3) is 1.95. The van der Waals surface area contributed by atoms with Crippen LogP contribution in [0.3, 0.4) is 0 Å². The van der Waals surface area contributed by atoms with E-state index in [-0.39, 0.29) is 1.43 Å². The summed E-state index contributed by atoms with van der Waals surface area (Å²) in [6.45, 7) is 2.35. The summed E-state index contributed by atoms with van der Waals surface area (Å²) < 4.78 is 4.93. The number of rotatable bonds is 3. The van der Waals surface area contributed by atoms with E-state index in [4.69, 9.17) is 0 Å². The maximum Gasteiger partial charge on any atom is -1.00 e. The predicted octanol–water partition coefficient (Wildman–Crippen LogP) is 3.84. The molecule has 13 heavy (non-hydrogen) atoms. The van der Waals surface area contributed by atoms with Gasteiger partial charge in [0.2, 0.25) is 0 Å². The first-order chi connectivity index (χ1) is 6.42. The van der Waals surface area contributed by atoms with Crippen molar-refractivity contribution >= 4 is 0 Å². The van der Waals surface area contributed by atoms with Crippen molar-refractivity contribution in [2.45, 2.75) is 24.5 Å². The average Bonchev–Trinajstić information content (AvgIpc) is 2.76. The normalized spacial score (nSPS) is 19.2. The van der Waals surface area contributed by atoms with Gasteiger partial charge >= 0.3 is 86.6 Å². The van der Waals surface area contributed by atoms with E-state index in [2.05, 4.69) is 43.4 Å². The van der Waals surface area contributed by atoms with Crippen molar-refractivity contribution in [2.75, 3.05) is 0 Å². The second-order valence-electron chi connectivity index (χ2n) is 3.48. The van der Waals surface area contributed by atoms with Gasteiger partial charge in [-0.3, -0.25) is 0 Å². The van der Waals surface area contributed by atoms with Gasteiger partial charge in [0, 0.05) is 0 Å². The topological polar surface area (TPSA) is 0 Å². The van der Waals surface area contributed by atoms with Gasteiger partial charge in [-0.25, -0.2) is 0 Å². The zero-order valence-corrected chi connectivity index (χ0v) is 9.65. The van der Waals surface area contributed by atoms with Crippen LogP contribution in [-0.2, 0) is 17.9 Å². The van der Waals surface area contributed by atoms with Crippen LogP contribution in [0, 0.1) is 0 Å². The minimum atomic E-state index is -1.00. The van der Waals surface area contributed by atoms with E-state index < -0.39 is 17.9 Å². The van der Waals surface area contributed by atoms with Crippen molar-refractivity contribution in [1.82, 2.24) is 0 Å². The summed E-state index contributed by atoms with van der Waals surface area (Å²) >= 11 is -1.00. The van der Waals surface area contributed by atoms with Gasteiger partial charge in [-0.2, -0.15) is 0 Å². The van der Waals surface area contributed by atoms with Gasteiger partial charge in [0.15, 0.2) is 0 Å². The van der Waals surface area contributed by atoms with Gasteiger partial charge in [-0.1, -0.05) is 0 Å². The van der Waals surface area contributed by atoms with Gasteiger partial charge < -0.3 is 1.43 Å². The third-order valence-corrected chi connectivity index (χ3v) is 7.35. The van der Waals surface area contributed by atoms with Crippen LogP contribution in [-0.4, -0.2) is 0 Å². The minimum Gasteiger partial charge on any atom is -1.00 e. The van der Waals surface area contributed by atoms with E-state index in [9.17, 15) is 0 Å². The standard InChI is InChI=1S/2C5H5.C2H5.Ti.H/c2*1-2-4-5-3-1;1-2;;/h2*1-3H,4H2;1H2,2H3;;/q;;;;-1. The molecule has 0 spiro atoms. The van der Waals surface area contributed by atoms with Crippen molar-refractivity contribution in [2.24, 2.45) is 0 Å². The summed E-state index contributed by atoms with van der Waals surface area (Å²) in [6, 6.07) is 0. The molecule has 0 aromatic rings. The molecule has 0 saturated carbocycles. The zero-order chi connectivity index (χ0) is 9.10. The fourth-order valence-electron chi connectivity index (χ4n) is 2.00. The van der Waals surface area contributed by atoms with Gasteiger partial charge in [-0.15, -0.1) is 0 Å². The molecule has 2 aliphatic rings. The first-order valence-electron chi connectivity index (χ1n) is 4.99. The molecule has 0 unspecified atom stereocenters. The Hall–Kier alpha value is -0.326. The Balaban J connectivity index is 0.000000980. The molecule has 0 aromatic carbocycles. The molecule has 2 aliphatic carbocycles. The van der Waals surface area contributed by atoms with Crippen LogP contribution in [0.25, 0.3) is 0 Å². The number of hydrogen-bond acceptors (Lipinski definition) is 0. The fraction of sp³-hybridized carbons (Fsp3) is 0.333. The minimum absolute atomic E-state index is 0. The maximum atomic E-state index is 2.36. The molecule has 0 heterocycles. The molecule has 0 bridgehead atoms. The van der Waals surface area contributed by atoms with Crippen LogP contribution in [0.15, 0.2) is 44.2 Å². The van der Waals surface area contributed by atoms with E-state index >= 15 is 0 Å². The molecule has 0 aliphatic heterocycles. The molecule has 0 radical (unpaired) electrons. The number of hydrogen-bond donors (Lipinski definition) is 0. The second kappa shape index (κ2) is 4.26. The van der Waals surface area contributed by atoms with Crippen LogP contribution < -0.4 is 0 Å². The Kier molecular flexibility index (Phi) is 3.03. The summed E-state index contributed by atoms with van der Waals surface area (Å²) in [5, 5.41) is 0. The average molecular weight is 208 g/mol. The Bertz CT molecular complexity index is 280. The van der Waals surface area contributed by atoms with Gasteiger partial charge in [0.05, 0.1) is 0 Å². The van der Waals surface area contributed by atoms with Gasteiger partial charge in [0.1, 0.15) is 0 Å². The van der Waals surface area contributed by atoms with Crippen LogP contribution in [0.1, 0.15) is 21.2 Å². The largest absolute Gasteiger partial charge is 1.00 e. The molecule has 0 amide bonds. The first-order valence-corrected chi connectivity index (χ1v) is 7.66. The van der Waals surface area contributed by atoms with Gasteiger partial charge in [-0.05, 0) is 0 Å². The second-order valence-corrected chi connectivity index (χ2v) is 8.08. The molecule has 69 valence electrons. The molecule has 2 rings (SSSR count). The van der Waals surface area contributed by atoms with E-state index in [1.54, 1.807) is 7.76 Å². The van der Waals surface area contributed by atoms with Crippen molar-refractivity contribution in [1.29, 1.82) is 0 Å². The van der Waals surface area contributed by atoms with E-state index in [1.165, 1.54) is 17.6 Å². The van der Waals surface area contributed by atoms with Crippen LogP contribution in [0.4, 0.5) is 0 Å².